The van der Waals surface area contributed by atoms with Gasteiger partial charge in [-0.1, -0.05) is 17.7 Å². The SMILES string of the molecule is COCCNCc1ccc(C(=O)OC)cc1Cl. The smallest absolute Gasteiger partial charge is 0.337 e. The average molecular weight is 258 g/mol. The van der Waals surface area contributed by atoms with Crippen molar-refractivity contribution >= 4 is 17.6 Å². The van der Waals surface area contributed by atoms with Crippen molar-refractivity contribution in [2.24, 2.45) is 0 Å². The summed E-state index contributed by atoms with van der Waals surface area (Å²) in [6.07, 6.45) is 0. The van der Waals surface area contributed by atoms with Crippen molar-refractivity contribution in [3.63, 3.8) is 0 Å². The first kappa shape index (κ1) is 14.0. The molecule has 0 radical (unpaired) electrons. The normalized spacial score (nSPS) is 10.3. The Morgan fingerprint density at radius 1 is 1.41 bits per heavy atom. The average Bonchev–Trinajstić information content (AvgIpc) is 2.35. The molecule has 0 aromatic heterocycles. The number of methoxy groups -OCH3 is 2. The van der Waals surface area contributed by atoms with E-state index in [1.165, 1.54) is 7.11 Å². The summed E-state index contributed by atoms with van der Waals surface area (Å²) in [7, 11) is 3.00. The third kappa shape index (κ3) is 4.34. The van der Waals surface area contributed by atoms with E-state index >= 15 is 0 Å². The molecule has 0 aliphatic carbocycles. The zero-order valence-electron chi connectivity index (χ0n) is 9.96. The quantitative estimate of drug-likeness (QED) is 0.624. The van der Waals surface area contributed by atoms with Crippen LogP contribution in [0.1, 0.15) is 15.9 Å². The van der Waals surface area contributed by atoms with Crippen LogP contribution in [0.4, 0.5) is 0 Å². The number of benzene rings is 1. The predicted molar refractivity (Wildman–Crippen MR) is 66.4 cm³/mol. The molecule has 94 valence electrons. The van der Waals surface area contributed by atoms with Gasteiger partial charge in [0.05, 0.1) is 19.3 Å². The molecule has 0 heterocycles. The van der Waals surface area contributed by atoms with Crippen LogP contribution < -0.4 is 5.32 Å². The number of esters is 1. The van der Waals surface area contributed by atoms with E-state index < -0.39 is 0 Å². The molecular weight excluding hydrogens is 242 g/mol. The van der Waals surface area contributed by atoms with Crippen molar-refractivity contribution in [2.45, 2.75) is 6.54 Å². The van der Waals surface area contributed by atoms with Crippen molar-refractivity contribution in [3.8, 4) is 0 Å². The van der Waals surface area contributed by atoms with Gasteiger partial charge >= 0.3 is 5.97 Å². The number of rotatable bonds is 6. The predicted octanol–water partition coefficient (Wildman–Crippen LogP) is 1.86. The minimum atomic E-state index is -0.384. The second-order valence-corrected chi connectivity index (χ2v) is 3.87. The summed E-state index contributed by atoms with van der Waals surface area (Å²) in [6, 6.07) is 5.13. The molecule has 0 aliphatic rings. The maximum Gasteiger partial charge on any atom is 0.337 e. The highest BCUT2D eigenvalue weighted by Crippen LogP contribution is 2.18. The van der Waals surface area contributed by atoms with Gasteiger partial charge in [0.25, 0.3) is 0 Å². The minimum absolute atomic E-state index is 0.384. The number of carbonyl (C=O) groups is 1. The third-order valence-corrected chi connectivity index (χ3v) is 2.62. The molecule has 0 unspecified atom stereocenters. The van der Waals surface area contributed by atoms with E-state index in [0.29, 0.717) is 23.7 Å². The number of halogens is 1. The molecule has 1 rings (SSSR count). The Bertz CT molecular complexity index is 382. The first-order valence-corrected chi connectivity index (χ1v) is 5.63. The summed E-state index contributed by atoms with van der Waals surface area (Å²) in [4.78, 5) is 11.3. The summed E-state index contributed by atoms with van der Waals surface area (Å²) in [6.45, 7) is 2.05. The molecule has 4 nitrogen and oxygen atoms in total. The molecule has 17 heavy (non-hydrogen) atoms. The highest BCUT2D eigenvalue weighted by molar-refractivity contribution is 6.31. The lowest BCUT2D eigenvalue weighted by Crippen LogP contribution is -2.18. The van der Waals surface area contributed by atoms with Crippen LogP contribution in [0, 0.1) is 0 Å². The summed E-state index contributed by atoms with van der Waals surface area (Å²) in [5, 5.41) is 3.73. The molecular formula is C12H16ClNO3. The summed E-state index contributed by atoms with van der Waals surface area (Å²) >= 11 is 6.06. The summed E-state index contributed by atoms with van der Waals surface area (Å²) < 4.78 is 9.53. The summed E-state index contributed by atoms with van der Waals surface area (Å²) in [5.41, 5.74) is 1.40. The van der Waals surface area contributed by atoms with Crippen LogP contribution in [-0.4, -0.2) is 33.3 Å². The second kappa shape index (κ2) is 7.27. The largest absolute Gasteiger partial charge is 0.465 e. The summed E-state index contributed by atoms with van der Waals surface area (Å²) in [5.74, 6) is -0.384. The molecule has 1 aromatic rings. The van der Waals surface area contributed by atoms with E-state index in [4.69, 9.17) is 16.3 Å². The Morgan fingerprint density at radius 2 is 2.18 bits per heavy atom. The number of ether oxygens (including phenoxy) is 2. The fraction of sp³-hybridized carbons (Fsp3) is 0.417. The Kier molecular flexibility index (Phi) is 5.97. The lowest BCUT2D eigenvalue weighted by molar-refractivity contribution is 0.0600. The van der Waals surface area contributed by atoms with Crippen molar-refractivity contribution in [1.82, 2.24) is 5.32 Å². The number of nitrogens with one attached hydrogen (secondary N) is 1. The molecule has 0 saturated carbocycles. The fourth-order valence-corrected chi connectivity index (χ4v) is 1.58. The van der Waals surface area contributed by atoms with E-state index in [9.17, 15) is 4.79 Å². The topological polar surface area (TPSA) is 47.6 Å². The van der Waals surface area contributed by atoms with Gasteiger partial charge in [0.1, 0.15) is 0 Å². The zero-order valence-corrected chi connectivity index (χ0v) is 10.7. The fourth-order valence-electron chi connectivity index (χ4n) is 1.33. The maximum atomic E-state index is 11.3. The monoisotopic (exact) mass is 257 g/mol. The Labute approximate surface area is 106 Å². The van der Waals surface area contributed by atoms with Gasteiger partial charge in [-0.25, -0.2) is 4.79 Å². The van der Waals surface area contributed by atoms with E-state index in [1.54, 1.807) is 19.2 Å². The van der Waals surface area contributed by atoms with Crippen LogP contribution in [0.2, 0.25) is 5.02 Å². The first-order valence-electron chi connectivity index (χ1n) is 5.25. The van der Waals surface area contributed by atoms with Gasteiger partial charge in [-0.05, 0) is 17.7 Å². The highest BCUT2D eigenvalue weighted by atomic mass is 35.5. The van der Waals surface area contributed by atoms with E-state index in [2.05, 4.69) is 10.1 Å². The van der Waals surface area contributed by atoms with E-state index in [-0.39, 0.29) is 5.97 Å². The van der Waals surface area contributed by atoms with Crippen LogP contribution in [-0.2, 0) is 16.0 Å². The molecule has 0 saturated heterocycles. The third-order valence-electron chi connectivity index (χ3n) is 2.27. The second-order valence-electron chi connectivity index (χ2n) is 3.47. The number of carbonyl (C=O) groups excluding carboxylic acids is 1. The number of hydrogen-bond acceptors (Lipinski definition) is 4. The lowest BCUT2D eigenvalue weighted by Gasteiger charge is -2.07. The molecule has 0 atom stereocenters. The van der Waals surface area contributed by atoms with E-state index in [1.807, 2.05) is 6.07 Å². The molecule has 5 heteroatoms. The Hall–Kier alpha value is -1.10. The van der Waals surface area contributed by atoms with Crippen LogP contribution >= 0.6 is 11.6 Å². The van der Waals surface area contributed by atoms with Gasteiger partial charge in [-0.2, -0.15) is 0 Å². The van der Waals surface area contributed by atoms with E-state index in [0.717, 1.165) is 12.1 Å². The van der Waals surface area contributed by atoms with Gasteiger partial charge in [-0.3, -0.25) is 0 Å². The van der Waals surface area contributed by atoms with Crippen molar-refractivity contribution in [2.75, 3.05) is 27.4 Å². The van der Waals surface area contributed by atoms with Crippen molar-refractivity contribution < 1.29 is 14.3 Å². The Morgan fingerprint density at radius 3 is 2.76 bits per heavy atom. The van der Waals surface area contributed by atoms with Crippen molar-refractivity contribution in [1.29, 1.82) is 0 Å². The molecule has 1 aromatic carbocycles. The van der Waals surface area contributed by atoms with Crippen molar-refractivity contribution in [3.05, 3.63) is 34.3 Å². The van der Waals surface area contributed by atoms with Crippen LogP contribution in [0.25, 0.3) is 0 Å². The molecule has 0 fully saturated rings. The van der Waals surface area contributed by atoms with Crippen LogP contribution in [0.5, 0.6) is 0 Å². The van der Waals surface area contributed by atoms with Gasteiger partial charge in [0.15, 0.2) is 0 Å². The van der Waals surface area contributed by atoms with Gasteiger partial charge < -0.3 is 14.8 Å². The first-order chi connectivity index (χ1) is 8.19. The van der Waals surface area contributed by atoms with Gasteiger partial charge in [0, 0.05) is 25.2 Å². The highest BCUT2D eigenvalue weighted by Gasteiger charge is 2.08. The van der Waals surface area contributed by atoms with Crippen LogP contribution in [0.3, 0.4) is 0 Å². The lowest BCUT2D eigenvalue weighted by atomic mass is 10.1. The van der Waals surface area contributed by atoms with Gasteiger partial charge in [-0.15, -0.1) is 0 Å². The number of hydrogen-bond donors (Lipinski definition) is 1. The standard InChI is InChI=1S/C12H16ClNO3/c1-16-6-5-14-8-10-4-3-9(7-11(10)13)12(15)17-2/h3-4,7,14H,5-6,8H2,1-2H3. The zero-order chi connectivity index (χ0) is 12.7. The Balaban J connectivity index is 2.60. The molecule has 0 spiro atoms. The maximum absolute atomic E-state index is 11.3. The minimum Gasteiger partial charge on any atom is -0.465 e. The van der Waals surface area contributed by atoms with Gasteiger partial charge in [0.2, 0.25) is 0 Å². The molecule has 0 amide bonds. The molecule has 1 N–H and O–H groups in total. The molecule has 0 bridgehead atoms. The van der Waals surface area contributed by atoms with Crippen LogP contribution in [0.15, 0.2) is 18.2 Å². The molecule has 0 aliphatic heterocycles.